The van der Waals surface area contributed by atoms with E-state index in [0.29, 0.717) is 0 Å². The van der Waals surface area contributed by atoms with Gasteiger partial charge in [0.05, 0.1) is 23.3 Å². The molecule has 330 valence electrons. The highest BCUT2D eigenvalue weighted by Crippen LogP contribution is 2.34. The van der Waals surface area contributed by atoms with Gasteiger partial charge in [-0.15, -0.1) is 0 Å². The lowest BCUT2D eigenvalue weighted by Gasteiger charge is -2.07. The van der Waals surface area contributed by atoms with E-state index in [1.54, 1.807) is 0 Å². The van der Waals surface area contributed by atoms with Crippen molar-refractivity contribution in [3.05, 3.63) is 102 Å². The van der Waals surface area contributed by atoms with Gasteiger partial charge in [0.1, 0.15) is 0 Å². The van der Waals surface area contributed by atoms with E-state index < -0.39 is 0 Å². The SMILES string of the molecule is CCCCCCCCCCCCc1ccc(-c2cc(-c3ccc(CCCCCCCCCCCC)cc3)[o+]c(-c3ccc(CCCCCCCCCCCC)cc3)c2)cc1. The topological polar surface area (TPSA) is 11.3 Å². The zero-order chi connectivity index (χ0) is 42.1. The monoisotopic (exact) mass is 814 g/mol. The van der Waals surface area contributed by atoms with E-state index >= 15 is 0 Å². The van der Waals surface area contributed by atoms with Crippen LogP contribution in [-0.4, -0.2) is 0 Å². The van der Waals surface area contributed by atoms with Crippen molar-refractivity contribution in [2.75, 3.05) is 0 Å². The molecule has 0 atom stereocenters. The molecule has 60 heavy (non-hydrogen) atoms. The maximum atomic E-state index is 6.77. The first-order valence-electron chi connectivity index (χ1n) is 26.0. The lowest BCUT2D eigenvalue weighted by Crippen LogP contribution is -1.90. The van der Waals surface area contributed by atoms with Crippen molar-refractivity contribution < 1.29 is 4.42 Å². The normalized spacial score (nSPS) is 11.4. The number of hydrogen-bond donors (Lipinski definition) is 0. The number of unbranched alkanes of at least 4 members (excludes halogenated alkanes) is 27. The summed E-state index contributed by atoms with van der Waals surface area (Å²) in [6, 6.07) is 32.3. The second kappa shape index (κ2) is 32.5. The number of rotatable bonds is 36. The first kappa shape index (κ1) is 49.5. The van der Waals surface area contributed by atoms with Crippen LogP contribution in [-0.2, 0) is 19.3 Å². The Bertz CT molecular complexity index is 1390. The van der Waals surface area contributed by atoms with Crippen molar-refractivity contribution in [1.29, 1.82) is 0 Å². The lowest BCUT2D eigenvalue weighted by molar-refractivity contribution is 0.556. The molecular weight excluding hydrogens is 725 g/mol. The molecule has 0 amide bonds. The van der Waals surface area contributed by atoms with Gasteiger partial charge in [-0.1, -0.05) is 243 Å². The zero-order valence-electron chi connectivity index (χ0n) is 39.3. The van der Waals surface area contributed by atoms with E-state index in [0.717, 1.165) is 35.5 Å². The minimum atomic E-state index is 0.942. The van der Waals surface area contributed by atoms with Gasteiger partial charge in [-0.3, -0.25) is 0 Å². The average Bonchev–Trinajstić information content (AvgIpc) is 3.28. The van der Waals surface area contributed by atoms with Crippen molar-refractivity contribution in [2.45, 2.75) is 233 Å². The second-order valence-corrected chi connectivity index (χ2v) is 18.5. The van der Waals surface area contributed by atoms with Crippen LogP contribution in [0.15, 0.2) is 89.3 Å². The van der Waals surface area contributed by atoms with E-state index in [4.69, 9.17) is 4.42 Å². The van der Waals surface area contributed by atoms with Gasteiger partial charge in [0.15, 0.2) is 0 Å². The van der Waals surface area contributed by atoms with Gasteiger partial charge in [-0.2, -0.15) is 0 Å². The zero-order valence-corrected chi connectivity index (χ0v) is 39.3. The molecule has 1 heteroatoms. The molecule has 4 rings (SSSR count). The fourth-order valence-electron chi connectivity index (χ4n) is 8.94. The number of benzene rings is 3. The van der Waals surface area contributed by atoms with E-state index in [1.807, 2.05) is 0 Å². The molecule has 1 heterocycles. The van der Waals surface area contributed by atoms with E-state index in [1.165, 1.54) is 227 Å². The largest absolute Gasteiger partial charge is 0.361 e. The molecule has 4 aromatic rings. The minimum Gasteiger partial charge on any atom is -0.207 e. The van der Waals surface area contributed by atoms with Gasteiger partial charge in [-0.25, -0.2) is 4.42 Å². The predicted octanol–water partition coefficient (Wildman–Crippen LogP) is 20.0. The summed E-state index contributed by atoms with van der Waals surface area (Å²) in [5.74, 6) is 1.88. The van der Waals surface area contributed by atoms with Crippen molar-refractivity contribution in [1.82, 2.24) is 0 Å². The van der Waals surface area contributed by atoms with Crippen LogP contribution in [0.5, 0.6) is 0 Å². The number of hydrogen-bond acceptors (Lipinski definition) is 0. The molecule has 0 N–H and O–H groups in total. The third-order valence-electron chi connectivity index (χ3n) is 13.0. The van der Waals surface area contributed by atoms with Gasteiger partial charge < -0.3 is 0 Å². The lowest BCUT2D eigenvalue weighted by atomic mass is 9.98. The summed E-state index contributed by atoms with van der Waals surface area (Å²) >= 11 is 0. The van der Waals surface area contributed by atoms with Crippen LogP contribution in [0.1, 0.15) is 230 Å². The fraction of sp³-hybridized carbons (Fsp3) is 0.610. The van der Waals surface area contributed by atoms with Crippen LogP contribution in [0.25, 0.3) is 33.8 Å². The van der Waals surface area contributed by atoms with Crippen molar-refractivity contribution in [2.24, 2.45) is 0 Å². The molecule has 1 aromatic heterocycles. The van der Waals surface area contributed by atoms with Crippen molar-refractivity contribution >= 4 is 0 Å². The summed E-state index contributed by atoms with van der Waals surface area (Å²) in [7, 11) is 0. The molecule has 0 aliphatic rings. The molecule has 1 nitrogen and oxygen atoms in total. The molecule has 0 aliphatic heterocycles. The average molecular weight is 814 g/mol. The van der Waals surface area contributed by atoms with Crippen LogP contribution in [0.3, 0.4) is 0 Å². The Hall–Kier alpha value is -3.19. The molecule has 0 radical (unpaired) electrons. The van der Waals surface area contributed by atoms with Crippen LogP contribution >= 0.6 is 0 Å². The van der Waals surface area contributed by atoms with Crippen molar-refractivity contribution in [3.8, 4) is 33.8 Å². The summed E-state index contributed by atoms with van der Waals surface area (Å²) in [5, 5.41) is 0. The Kier molecular flexibility index (Phi) is 26.8. The molecular formula is C59H89O+. The van der Waals surface area contributed by atoms with Crippen LogP contribution < -0.4 is 0 Å². The third-order valence-corrected chi connectivity index (χ3v) is 13.0. The summed E-state index contributed by atoms with van der Waals surface area (Å²) in [6.45, 7) is 6.90. The van der Waals surface area contributed by atoms with Crippen LogP contribution in [0.2, 0.25) is 0 Å². The molecule has 0 unspecified atom stereocenters. The second-order valence-electron chi connectivity index (χ2n) is 18.5. The summed E-state index contributed by atoms with van der Waals surface area (Å²) in [5.41, 5.74) is 9.11. The Labute approximate surface area is 371 Å². The predicted molar refractivity (Wildman–Crippen MR) is 266 cm³/mol. The molecule has 0 saturated heterocycles. The molecule has 0 aliphatic carbocycles. The minimum absolute atomic E-state index is 0.942. The van der Waals surface area contributed by atoms with Crippen molar-refractivity contribution in [3.63, 3.8) is 0 Å². The highest BCUT2D eigenvalue weighted by molar-refractivity contribution is 5.74. The van der Waals surface area contributed by atoms with Gasteiger partial charge in [0.25, 0.3) is 0 Å². The van der Waals surface area contributed by atoms with E-state index in [9.17, 15) is 0 Å². The highest BCUT2D eigenvalue weighted by Gasteiger charge is 2.21. The summed E-state index contributed by atoms with van der Waals surface area (Å²) < 4.78 is 6.77. The maximum Gasteiger partial charge on any atom is 0.361 e. The standard InChI is InChI=1S/C59H89O/c1-4-7-10-13-16-19-22-25-28-31-34-51-37-43-54(44-38-51)57-49-58(55-45-39-52(40-46-55)35-32-29-26-23-20-17-14-11-8-5-2)60-59(50-57)56-47-41-53(42-48-56)36-33-30-27-24-21-18-15-12-9-6-3/h37-50H,4-36H2,1-3H3/q+1. The highest BCUT2D eigenvalue weighted by atomic mass is 16.3. The first-order valence-corrected chi connectivity index (χ1v) is 26.0. The molecule has 0 bridgehead atoms. The van der Waals surface area contributed by atoms with E-state index in [2.05, 4.69) is 106 Å². The molecule has 0 fully saturated rings. The van der Waals surface area contributed by atoms with Gasteiger partial charge in [-0.05, 0) is 85.0 Å². The van der Waals surface area contributed by atoms with E-state index in [-0.39, 0.29) is 0 Å². The fourth-order valence-corrected chi connectivity index (χ4v) is 8.94. The quantitative estimate of drug-likeness (QED) is 0.0329. The molecule has 0 spiro atoms. The smallest absolute Gasteiger partial charge is 0.207 e. The Morgan fingerprint density at radius 2 is 0.483 bits per heavy atom. The Morgan fingerprint density at radius 1 is 0.250 bits per heavy atom. The third kappa shape index (κ3) is 21.1. The van der Waals surface area contributed by atoms with Gasteiger partial charge >= 0.3 is 11.5 Å². The Morgan fingerprint density at radius 3 is 0.750 bits per heavy atom. The number of aryl methyl sites for hydroxylation is 3. The van der Waals surface area contributed by atoms with Crippen LogP contribution in [0.4, 0.5) is 0 Å². The Balaban J connectivity index is 1.34. The summed E-state index contributed by atoms with van der Waals surface area (Å²) in [4.78, 5) is 0. The van der Waals surface area contributed by atoms with Gasteiger partial charge in [0, 0.05) is 5.56 Å². The molecule has 0 saturated carbocycles. The van der Waals surface area contributed by atoms with Gasteiger partial charge in [0.2, 0.25) is 0 Å². The maximum absolute atomic E-state index is 6.77. The summed E-state index contributed by atoms with van der Waals surface area (Å²) in [6.07, 6.45) is 45.0. The first-order chi connectivity index (χ1) is 29.7. The van der Waals surface area contributed by atoms with Crippen LogP contribution in [0, 0.1) is 0 Å². The molecule has 3 aromatic carbocycles.